The van der Waals surface area contributed by atoms with Crippen LogP contribution < -0.4 is 0 Å². The normalized spacial score (nSPS) is 6.10. The maximum absolute atomic E-state index is 8.57. The fourth-order valence-corrected chi connectivity index (χ4v) is 0.313. The van der Waals surface area contributed by atoms with Gasteiger partial charge in [0.2, 0.25) is 5.75 Å². The molecule has 0 saturated carbocycles. The third-order valence-corrected chi connectivity index (χ3v) is 0.566. The Labute approximate surface area is 70.6 Å². The summed E-state index contributed by atoms with van der Waals surface area (Å²) in [5.74, 6) is 0.222. The van der Waals surface area contributed by atoms with E-state index < -0.39 is 0 Å². The van der Waals surface area contributed by atoms with Crippen LogP contribution in [0.25, 0.3) is 0 Å². The predicted molar refractivity (Wildman–Crippen MR) is 44.1 cm³/mol. The van der Waals surface area contributed by atoms with E-state index in [0.29, 0.717) is 0 Å². The van der Waals surface area contributed by atoms with Crippen molar-refractivity contribution in [1.29, 1.82) is 0 Å². The predicted octanol–water partition coefficient (Wildman–Crippen LogP) is 1.92. The van der Waals surface area contributed by atoms with Gasteiger partial charge in [0.15, 0.2) is 0 Å². The highest BCUT2D eigenvalue weighted by Crippen LogP contribution is 1.73. The van der Waals surface area contributed by atoms with Crippen molar-refractivity contribution in [2.75, 3.05) is 0 Å². The van der Waals surface area contributed by atoms with E-state index in [9.17, 15) is 0 Å². The van der Waals surface area contributed by atoms with Crippen molar-refractivity contribution in [3.8, 4) is 0 Å². The minimum absolute atomic E-state index is 0. The first-order valence-corrected chi connectivity index (χ1v) is 2.74. The lowest BCUT2D eigenvalue weighted by Gasteiger charge is -1.70. The van der Waals surface area contributed by atoms with Crippen LogP contribution in [0.2, 0.25) is 0 Å². The summed E-state index contributed by atoms with van der Waals surface area (Å²) in [5, 5.41) is 0. The highest BCUT2D eigenvalue weighted by atomic mass is 35.5. The maximum Gasteiger partial charge on any atom is 0.208 e. The van der Waals surface area contributed by atoms with Crippen LogP contribution in [0.1, 0.15) is 0 Å². The average molecular weight is 180 g/mol. The summed E-state index contributed by atoms with van der Waals surface area (Å²) in [4.78, 5) is 12.4. The Morgan fingerprint density at radius 3 is 1.70 bits per heavy atom. The highest BCUT2D eigenvalue weighted by Gasteiger charge is 1.58. The van der Waals surface area contributed by atoms with Crippen molar-refractivity contribution in [3.05, 3.63) is 30.6 Å². The van der Waals surface area contributed by atoms with E-state index in [1.54, 1.807) is 12.4 Å². The van der Waals surface area contributed by atoms with Gasteiger partial charge >= 0.3 is 0 Å². The van der Waals surface area contributed by atoms with E-state index in [2.05, 4.69) is 16.6 Å². The van der Waals surface area contributed by atoms with Crippen molar-refractivity contribution in [1.82, 2.24) is 4.98 Å². The summed E-state index contributed by atoms with van der Waals surface area (Å²) in [5.41, 5.74) is 0. The number of carbonyl (C=O) groups is 1. The van der Waals surface area contributed by atoms with Gasteiger partial charge < -0.3 is 0 Å². The number of rotatable bonds is 0. The molecule has 0 radical (unpaired) electrons. The van der Waals surface area contributed by atoms with Crippen LogP contribution in [0.5, 0.6) is 0 Å². The molecule has 1 aromatic rings. The molecule has 0 amide bonds. The van der Waals surface area contributed by atoms with Crippen molar-refractivity contribution in [2.45, 2.75) is 0 Å². The second-order valence-corrected chi connectivity index (χ2v) is 1.29. The molecular formula is C6H7Cl2NO. The molecule has 0 aliphatic rings. The average Bonchev–Trinajstić information content (AvgIpc) is 1.93. The highest BCUT2D eigenvalue weighted by molar-refractivity contribution is 6.54. The van der Waals surface area contributed by atoms with Gasteiger partial charge in [-0.25, -0.2) is 0 Å². The monoisotopic (exact) mass is 179 g/mol. The molecule has 4 heteroatoms. The van der Waals surface area contributed by atoms with Crippen LogP contribution >= 0.6 is 24.0 Å². The minimum Gasteiger partial charge on any atom is -0.285 e. The number of carbonyl (C=O) groups excluding carboxylic acids is 1. The molecule has 1 aromatic heterocycles. The molecule has 0 saturated heterocycles. The van der Waals surface area contributed by atoms with Crippen molar-refractivity contribution >= 4 is 29.8 Å². The van der Waals surface area contributed by atoms with E-state index in [0.717, 1.165) is 0 Å². The van der Waals surface area contributed by atoms with Crippen LogP contribution in [0, 0.1) is 0 Å². The van der Waals surface area contributed by atoms with E-state index in [1.165, 1.54) is 0 Å². The molecule has 1 heterocycles. The lowest BCUT2D eigenvalue weighted by molar-refractivity contribution is 0.569. The Morgan fingerprint density at radius 2 is 1.60 bits per heavy atom. The SMILES string of the molecule is Cl.O=CCl.c1ccncc1. The largest absolute Gasteiger partial charge is 0.285 e. The summed E-state index contributed by atoms with van der Waals surface area (Å²) in [7, 11) is 0. The molecule has 0 aliphatic carbocycles. The van der Waals surface area contributed by atoms with Gasteiger partial charge in [0.1, 0.15) is 0 Å². The molecule has 1 rings (SSSR count). The van der Waals surface area contributed by atoms with E-state index in [-0.39, 0.29) is 18.2 Å². The van der Waals surface area contributed by atoms with Crippen molar-refractivity contribution in [3.63, 3.8) is 0 Å². The summed E-state index contributed by atoms with van der Waals surface area (Å²) in [6.07, 6.45) is 3.50. The molecule has 0 aromatic carbocycles. The Kier molecular flexibility index (Phi) is 13.6. The van der Waals surface area contributed by atoms with Crippen LogP contribution in [0.15, 0.2) is 30.6 Å². The van der Waals surface area contributed by atoms with Crippen LogP contribution in [-0.2, 0) is 4.79 Å². The zero-order chi connectivity index (χ0) is 6.95. The Morgan fingerprint density at radius 1 is 1.20 bits per heavy atom. The van der Waals surface area contributed by atoms with E-state index in [4.69, 9.17) is 4.79 Å². The van der Waals surface area contributed by atoms with Gasteiger partial charge in [0.25, 0.3) is 0 Å². The van der Waals surface area contributed by atoms with Gasteiger partial charge in [-0.2, -0.15) is 0 Å². The second-order valence-electron chi connectivity index (χ2n) is 1.11. The standard InChI is InChI=1S/C5H5N.CHClO.ClH/c1-2-4-6-5-3-1;2-1-3;/h1-5H;1H;1H. The Hall–Kier alpha value is -0.600. The van der Waals surface area contributed by atoms with Gasteiger partial charge in [-0.3, -0.25) is 9.78 Å². The summed E-state index contributed by atoms with van der Waals surface area (Å²) >= 11 is 4.32. The smallest absolute Gasteiger partial charge is 0.208 e. The second kappa shape index (κ2) is 11.2. The molecule has 0 atom stereocenters. The molecule has 0 N–H and O–H groups in total. The lowest BCUT2D eigenvalue weighted by Crippen LogP contribution is -1.58. The summed E-state index contributed by atoms with van der Waals surface area (Å²) < 4.78 is 0. The van der Waals surface area contributed by atoms with Crippen molar-refractivity contribution in [2.24, 2.45) is 0 Å². The molecule has 10 heavy (non-hydrogen) atoms. The molecule has 0 aliphatic heterocycles. The first kappa shape index (κ1) is 12.1. The Bertz CT molecular complexity index is 119. The molecule has 0 spiro atoms. The first-order chi connectivity index (χ1) is 4.41. The van der Waals surface area contributed by atoms with Gasteiger partial charge in [-0.05, 0) is 23.7 Å². The number of hydrogen-bond donors (Lipinski definition) is 0. The third kappa shape index (κ3) is 10.4. The molecule has 56 valence electrons. The number of pyridine rings is 1. The molecule has 0 bridgehead atoms. The summed E-state index contributed by atoms with van der Waals surface area (Å²) in [6.45, 7) is 0. The first-order valence-electron chi connectivity index (χ1n) is 2.30. The van der Waals surface area contributed by atoms with Crippen LogP contribution in [0.4, 0.5) is 0 Å². The van der Waals surface area contributed by atoms with Crippen LogP contribution in [-0.4, -0.2) is 10.7 Å². The van der Waals surface area contributed by atoms with Gasteiger partial charge in [-0.1, -0.05) is 6.07 Å². The molecule has 0 unspecified atom stereocenters. The number of nitrogens with zero attached hydrogens (tertiary/aromatic N) is 1. The molecular weight excluding hydrogens is 173 g/mol. The summed E-state index contributed by atoms with van der Waals surface area (Å²) in [6, 6.07) is 5.72. The minimum atomic E-state index is 0. The topological polar surface area (TPSA) is 30.0 Å². The molecule has 2 nitrogen and oxygen atoms in total. The fraction of sp³-hybridized carbons (Fsp3) is 0. The number of aromatic nitrogens is 1. The van der Waals surface area contributed by atoms with Crippen molar-refractivity contribution < 1.29 is 4.79 Å². The third-order valence-electron chi connectivity index (χ3n) is 0.566. The number of hydrogen-bond acceptors (Lipinski definition) is 2. The van der Waals surface area contributed by atoms with E-state index >= 15 is 0 Å². The van der Waals surface area contributed by atoms with Crippen LogP contribution in [0.3, 0.4) is 0 Å². The quantitative estimate of drug-likeness (QED) is 0.450. The maximum atomic E-state index is 8.57. The van der Waals surface area contributed by atoms with Gasteiger partial charge in [0.05, 0.1) is 0 Å². The van der Waals surface area contributed by atoms with E-state index in [1.807, 2.05) is 18.2 Å². The zero-order valence-electron chi connectivity index (χ0n) is 5.11. The van der Waals surface area contributed by atoms with Gasteiger partial charge in [-0.15, -0.1) is 12.4 Å². The van der Waals surface area contributed by atoms with Gasteiger partial charge in [0, 0.05) is 12.4 Å². The molecule has 0 fully saturated rings. The lowest BCUT2D eigenvalue weighted by atomic mass is 10.5. The fourth-order valence-electron chi connectivity index (χ4n) is 0.313. The Balaban J connectivity index is 0. The zero-order valence-corrected chi connectivity index (χ0v) is 6.68. The number of halogens is 2.